The summed E-state index contributed by atoms with van der Waals surface area (Å²) >= 11 is 5.95. The van der Waals surface area contributed by atoms with Gasteiger partial charge in [-0.15, -0.1) is 0 Å². The molecule has 0 saturated heterocycles. The number of phenols is 1. The highest BCUT2D eigenvalue weighted by Crippen LogP contribution is 2.35. The van der Waals surface area contributed by atoms with Gasteiger partial charge in [0, 0.05) is 5.56 Å². The van der Waals surface area contributed by atoms with Crippen LogP contribution in [0.25, 0.3) is 10.8 Å². The molecular formula is C21H20ClNO4. The molecule has 3 aromatic rings. The highest BCUT2D eigenvalue weighted by molar-refractivity contribution is 6.32. The summed E-state index contributed by atoms with van der Waals surface area (Å²) in [6.07, 6.45) is 0. The van der Waals surface area contributed by atoms with Gasteiger partial charge in [-0.2, -0.15) is 0 Å². The van der Waals surface area contributed by atoms with E-state index in [1.54, 1.807) is 6.92 Å². The molecule has 0 spiro atoms. The zero-order chi connectivity index (χ0) is 19.2. The summed E-state index contributed by atoms with van der Waals surface area (Å²) in [5.74, 6) is 0.437. The highest BCUT2D eigenvalue weighted by Gasteiger charge is 2.14. The molecule has 0 aromatic heterocycles. The lowest BCUT2D eigenvalue weighted by atomic mass is 10.1. The Bertz CT molecular complexity index is 958. The number of halogens is 1. The first kappa shape index (κ1) is 18.9. The maximum atomic E-state index is 12.3. The first-order chi connectivity index (χ1) is 13.1. The molecule has 0 bridgehead atoms. The molecule has 27 heavy (non-hydrogen) atoms. The van der Waals surface area contributed by atoms with E-state index < -0.39 is 0 Å². The predicted molar refractivity (Wildman–Crippen MR) is 106 cm³/mol. The van der Waals surface area contributed by atoms with Crippen LogP contribution in [-0.4, -0.2) is 30.8 Å². The number of fused-ring (bicyclic) bond motifs is 1. The molecule has 0 atom stereocenters. The Morgan fingerprint density at radius 3 is 2.63 bits per heavy atom. The Morgan fingerprint density at radius 1 is 1.07 bits per heavy atom. The molecule has 3 rings (SSSR count). The van der Waals surface area contributed by atoms with Gasteiger partial charge in [0.2, 0.25) is 0 Å². The van der Waals surface area contributed by atoms with Gasteiger partial charge in [-0.25, -0.2) is 0 Å². The minimum Gasteiger partial charge on any atom is -0.503 e. The van der Waals surface area contributed by atoms with E-state index in [1.165, 1.54) is 12.1 Å². The van der Waals surface area contributed by atoms with E-state index in [1.807, 2.05) is 42.5 Å². The molecule has 1 amide bonds. The topological polar surface area (TPSA) is 67.8 Å². The van der Waals surface area contributed by atoms with Crippen LogP contribution in [0.5, 0.6) is 17.2 Å². The third-order valence-corrected chi connectivity index (χ3v) is 4.26. The molecule has 0 aliphatic rings. The molecular weight excluding hydrogens is 366 g/mol. The maximum absolute atomic E-state index is 12.3. The summed E-state index contributed by atoms with van der Waals surface area (Å²) in [4.78, 5) is 12.3. The van der Waals surface area contributed by atoms with Gasteiger partial charge in [-0.3, -0.25) is 4.79 Å². The minimum atomic E-state index is -0.319. The van der Waals surface area contributed by atoms with E-state index in [0.717, 1.165) is 16.5 Å². The van der Waals surface area contributed by atoms with Gasteiger partial charge in [0.05, 0.1) is 18.2 Å². The van der Waals surface area contributed by atoms with Crippen LogP contribution >= 0.6 is 11.6 Å². The summed E-state index contributed by atoms with van der Waals surface area (Å²) in [6.45, 7) is 2.79. The van der Waals surface area contributed by atoms with Gasteiger partial charge in [0.25, 0.3) is 5.91 Å². The van der Waals surface area contributed by atoms with Crippen molar-refractivity contribution < 1.29 is 19.4 Å². The van der Waals surface area contributed by atoms with Crippen LogP contribution in [-0.2, 0) is 0 Å². The molecule has 140 valence electrons. The quantitative estimate of drug-likeness (QED) is 0.591. The van der Waals surface area contributed by atoms with Crippen LogP contribution in [0.15, 0.2) is 54.6 Å². The Labute approximate surface area is 162 Å². The number of ether oxygens (including phenoxy) is 2. The van der Waals surface area contributed by atoms with Crippen LogP contribution in [0.2, 0.25) is 5.02 Å². The van der Waals surface area contributed by atoms with Crippen LogP contribution in [0.3, 0.4) is 0 Å². The zero-order valence-electron chi connectivity index (χ0n) is 14.9. The standard InChI is InChI=1S/C21H20ClNO4/c1-2-26-19-13-16(12-18(22)20(19)24)21(25)23-9-10-27-17-8-7-14-5-3-4-6-15(14)11-17/h3-8,11-13,24H,2,9-10H2,1H3,(H,23,25). The monoisotopic (exact) mass is 385 g/mol. The van der Waals surface area contributed by atoms with Gasteiger partial charge in [-0.1, -0.05) is 41.9 Å². The second-order valence-electron chi connectivity index (χ2n) is 5.85. The largest absolute Gasteiger partial charge is 0.503 e. The first-order valence-corrected chi connectivity index (χ1v) is 9.01. The van der Waals surface area contributed by atoms with E-state index in [2.05, 4.69) is 5.32 Å². The smallest absolute Gasteiger partial charge is 0.251 e. The van der Waals surface area contributed by atoms with Gasteiger partial charge in [-0.05, 0) is 42.0 Å². The number of carbonyl (C=O) groups is 1. The summed E-state index contributed by atoms with van der Waals surface area (Å²) < 4.78 is 11.0. The molecule has 5 nitrogen and oxygen atoms in total. The Morgan fingerprint density at radius 2 is 1.85 bits per heavy atom. The normalized spacial score (nSPS) is 10.6. The lowest BCUT2D eigenvalue weighted by Gasteiger charge is -2.11. The van der Waals surface area contributed by atoms with Crippen molar-refractivity contribution in [2.24, 2.45) is 0 Å². The van der Waals surface area contributed by atoms with Crippen molar-refractivity contribution >= 4 is 28.3 Å². The number of hydrogen-bond acceptors (Lipinski definition) is 4. The van der Waals surface area contributed by atoms with Gasteiger partial charge in [0.1, 0.15) is 12.4 Å². The lowest BCUT2D eigenvalue weighted by molar-refractivity contribution is 0.0946. The second kappa shape index (κ2) is 8.64. The molecule has 0 aliphatic carbocycles. The molecule has 2 N–H and O–H groups in total. The second-order valence-corrected chi connectivity index (χ2v) is 6.26. The van der Waals surface area contributed by atoms with Crippen LogP contribution in [0.4, 0.5) is 0 Å². The van der Waals surface area contributed by atoms with Crippen molar-refractivity contribution in [2.45, 2.75) is 6.92 Å². The zero-order valence-corrected chi connectivity index (χ0v) is 15.6. The molecule has 6 heteroatoms. The minimum absolute atomic E-state index is 0.0681. The van der Waals surface area contributed by atoms with Crippen molar-refractivity contribution in [3.8, 4) is 17.2 Å². The van der Waals surface area contributed by atoms with Crippen molar-refractivity contribution in [1.29, 1.82) is 0 Å². The van der Waals surface area contributed by atoms with Gasteiger partial charge >= 0.3 is 0 Å². The number of nitrogens with one attached hydrogen (secondary N) is 1. The molecule has 0 unspecified atom stereocenters. The average Bonchev–Trinajstić information content (AvgIpc) is 2.68. The molecule has 0 fully saturated rings. The number of rotatable bonds is 7. The lowest BCUT2D eigenvalue weighted by Crippen LogP contribution is -2.28. The Hall–Kier alpha value is -2.92. The summed E-state index contributed by atoms with van der Waals surface area (Å²) in [5, 5.41) is 14.9. The third kappa shape index (κ3) is 4.63. The fourth-order valence-corrected chi connectivity index (χ4v) is 2.87. The molecule has 0 radical (unpaired) electrons. The van der Waals surface area contributed by atoms with Crippen LogP contribution in [0.1, 0.15) is 17.3 Å². The summed E-state index contributed by atoms with van der Waals surface area (Å²) in [6, 6.07) is 16.8. The van der Waals surface area contributed by atoms with Crippen molar-refractivity contribution in [2.75, 3.05) is 19.8 Å². The fraction of sp³-hybridized carbons (Fsp3) is 0.190. The van der Waals surface area contributed by atoms with Crippen LogP contribution in [0, 0.1) is 0 Å². The molecule has 3 aromatic carbocycles. The van der Waals surface area contributed by atoms with Crippen LogP contribution < -0.4 is 14.8 Å². The van der Waals surface area contributed by atoms with Gasteiger partial charge in [0.15, 0.2) is 11.5 Å². The average molecular weight is 386 g/mol. The first-order valence-electron chi connectivity index (χ1n) is 8.63. The van der Waals surface area contributed by atoms with Crippen molar-refractivity contribution in [1.82, 2.24) is 5.32 Å². The van der Waals surface area contributed by atoms with E-state index in [4.69, 9.17) is 21.1 Å². The predicted octanol–water partition coefficient (Wildman–Crippen LogP) is 4.41. The summed E-state index contributed by atoms with van der Waals surface area (Å²) in [7, 11) is 0. The van der Waals surface area contributed by atoms with Crippen molar-refractivity contribution in [3.05, 3.63) is 65.2 Å². The highest BCUT2D eigenvalue weighted by atomic mass is 35.5. The fourth-order valence-electron chi connectivity index (χ4n) is 2.66. The Balaban J connectivity index is 1.56. The molecule has 0 heterocycles. The van der Waals surface area contributed by atoms with Gasteiger partial charge < -0.3 is 19.9 Å². The van der Waals surface area contributed by atoms with E-state index in [0.29, 0.717) is 25.3 Å². The number of aromatic hydroxyl groups is 1. The Kier molecular flexibility index (Phi) is 6.04. The number of carbonyl (C=O) groups excluding carboxylic acids is 1. The number of benzene rings is 3. The molecule has 0 saturated carbocycles. The number of phenolic OH excluding ortho intramolecular Hbond substituents is 1. The van der Waals surface area contributed by atoms with E-state index in [-0.39, 0.29) is 22.4 Å². The van der Waals surface area contributed by atoms with Crippen molar-refractivity contribution in [3.63, 3.8) is 0 Å². The van der Waals surface area contributed by atoms with E-state index in [9.17, 15) is 9.90 Å². The number of hydrogen-bond donors (Lipinski definition) is 2. The third-order valence-electron chi connectivity index (χ3n) is 3.97. The summed E-state index contributed by atoms with van der Waals surface area (Å²) in [5.41, 5.74) is 0.312. The van der Waals surface area contributed by atoms with E-state index >= 15 is 0 Å². The SMILES string of the molecule is CCOc1cc(C(=O)NCCOc2ccc3ccccc3c2)cc(Cl)c1O. The molecule has 0 aliphatic heterocycles. The number of amides is 1. The maximum Gasteiger partial charge on any atom is 0.251 e.